The van der Waals surface area contributed by atoms with Gasteiger partial charge in [-0.3, -0.25) is 0 Å². The summed E-state index contributed by atoms with van der Waals surface area (Å²) in [6.07, 6.45) is 3.24. The van der Waals surface area contributed by atoms with Crippen LogP contribution in [0.15, 0.2) is 24.3 Å². The largest absolute Gasteiger partial charge is 0.478 e. The van der Waals surface area contributed by atoms with Crippen molar-refractivity contribution in [1.29, 1.82) is 0 Å². The predicted molar refractivity (Wildman–Crippen MR) is 72.7 cm³/mol. The summed E-state index contributed by atoms with van der Waals surface area (Å²) in [5.41, 5.74) is 1.36. The van der Waals surface area contributed by atoms with E-state index in [1.165, 1.54) is 0 Å². The minimum Gasteiger partial charge on any atom is -0.478 e. The van der Waals surface area contributed by atoms with Gasteiger partial charge < -0.3 is 10.4 Å². The van der Waals surface area contributed by atoms with Crippen LogP contribution >= 0.6 is 11.8 Å². The minimum absolute atomic E-state index is 0.349. The summed E-state index contributed by atoms with van der Waals surface area (Å²) in [6.45, 7) is 3.89. The Morgan fingerprint density at radius 1 is 1.53 bits per heavy atom. The van der Waals surface area contributed by atoms with Gasteiger partial charge in [0.1, 0.15) is 0 Å². The molecule has 1 atom stereocenters. The van der Waals surface area contributed by atoms with E-state index in [4.69, 9.17) is 5.11 Å². The molecular weight excluding hydrogens is 234 g/mol. The van der Waals surface area contributed by atoms with Crippen LogP contribution in [0, 0.1) is 0 Å². The van der Waals surface area contributed by atoms with Crippen LogP contribution in [-0.2, 0) is 6.54 Å². The van der Waals surface area contributed by atoms with Crippen molar-refractivity contribution in [3.8, 4) is 0 Å². The molecule has 0 saturated heterocycles. The zero-order chi connectivity index (χ0) is 12.7. The fourth-order valence-corrected chi connectivity index (χ4v) is 1.82. The number of carboxylic acid groups (broad SMARTS) is 1. The van der Waals surface area contributed by atoms with Crippen LogP contribution in [0.25, 0.3) is 0 Å². The first-order valence-electron chi connectivity index (χ1n) is 5.69. The maximum Gasteiger partial charge on any atom is 0.335 e. The van der Waals surface area contributed by atoms with Gasteiger partial charge in [0, 0.05) is 11.8 Å². The highest BCUT2D eigenvalue weighted by atomic mass is 32.2. The average molecular weight is 253 g/mol. The highest BCUT2D eigenvalue weighted by molar-refractivity contribution is 7.99. The van der Waals surface area contributed by atoms with E-state index in [0.717, 1.165) is 25.1 Å². The number of carbonyl (C=O) groups is 1. The summed E-state index contributed by atoms with van der Waals surface area (Å²) < 4.78 is 0. The second kappa shape index (κ2) is 7.35. The van der Waals surface area contributed by atoms with Crippen LogP contribution in [0.4, 0.5) is 0 Å². The Morgan fingerprint density at radius 2 is 2.29 bits per heavy atom. The second-order valence-corrected chi connectivity index (χ2v) is 5.29. The van der Waals surface area contributed by atoms with Gasteiger partial charge in [0.15, 0.2) is 0 Å². The van der Waals surface area contributed by atoms with E-state index in [1.54, 1.807) is 18.2 Å². The van der Waals surface area contributed by atoms with Crippen molar-refractivity contribution >= 4 is 17.7 Å². The molecule has 0 heterocycles. The zero-order valence-electron chi connectivity index (χ0n) is 10.3. The highest BCUT2D eigenvalue weighted by Crippen LogP contribution is 2.09. The fourth-order valence-electron chi connectivity index (χ4n) is 1.47. The maximum atomic E-state index is 10.8. The normalized spacial score (nSPS) is 12.4. The quantitative estimate of drug-likeness (QED) is 0.733. The van der Waals surface area contributed by atoms with E-state index in [1.807, 2.05) is 17.8 Å². The molecule has 0 aliphatic heterocycles. The van der Waals surface area contributed by atoms with Crippen molar-refractivity contribution < 1.29 is 9.90 Å². The third-order valence-electron chi connectivity index (χ3n) is 2.63. The van der Waals surface area contributed by atoms with Gasteiger partial charge in [-0.15, -0.1) is 0 Å². The maximum absolute atomic E-state index is 10.8. The molecule has 0 fully saturated rings. The van der Waals surface area contributed by atoms with E-state index in [2.05, 4.69) is 18.5 Å². The topological polar surface area (TPSA) is 49.3 Å². The van der Waals surface area contributed by atoms with Crippen molar-refractivity contribution in [2.75, 3.05) is 12.8 Å². The van der Waals surface area contributed by atoms with E-state index >= 15 is 0 Å². The Labute approximate surface area is 107 Å². The second-order valence-electron chi connectivity index (χ2n) is 4.02. The first-order chi connectivity index (χ1) is 8.13. The Balaban J connectivity index is 2.36. The van der Waals surface area contributed by atoms with Crippen molar-refractivity contribution in [3.05, 3.63) is 35.4 Å². The molecule has 0 aliphatic carbocycles. The first kappa shape index (κ1) is 14.1. The average Bonchev–Trinajstić information content (AvgIpc) is 2.34. The van der Waals surface area contributed by atoms with Crippen LogP contribution < -0.4 is 5.32 Å². The third-order valence-corrected chi connectivity index (χ3v) is 3.67. The van der Waals surface area contributed by atoms with Crippen LogP contribution in [0.2, 0.25) is 0 Å². The molecule has 1 aromatic carbocycles. The lowest BCUT2D eigenvalue weighted by molar-refractivity contribution is 0.0697. The van der Waals surface area contributed by atoms with Gasteiger partial charge >= 0.3 is 5.97 Å². The summed E-state index contributed by atoms with van der Waals surface area (Å²) in [5, 5.41) is 12.8. The third kappa shape index (κ3) is 5.24. The smallest absolute Gasteiger partial charge is 0.335 e. The Bertz CT molecular complexity index is 368. The van der Waals surface area contributed by atoms with Gasteiger partial charge in [-0.1, -0.05) is 19.1 Å². The van der Waals surface area contributed by atoms with E-state index in [0.29, 0.717) is 10.8 Å². The molecule has 0 radical (unpaired) electrons. The monoisotopic (exact) mass is 253 g/mol. The molecule has 0 amide bonds. The van der Waals surface area contributed by atoms with Crippen molar-refractivity contribution in [2.24, 2.45) is 0 Å². The molecular formula is C13H19NO2S. The van der Waals surface area contributed by atoms with Gasteiger partial charge in [0.05, 0.1) is 5.56 Å². The SMILES string of the molecule is CSC(C)CCNCc1cccc(C(=O)O)c1. The Morgan fingerprint density at radius 3 is 2.94 bits per heavy atom. The zero-order valence-corrected chi connectivity index (χ0v) is 11.1. The van der Waals surface area contributed by atoms with E-state index in [9.17, 15) is 4.79 Å². The number of benzene rings is 1. The van der Waals surface area contributed by atoms with Gasteiger partial charge in [-0.05, 0) is 36.9 Å². The van der Waals surface area contributed by atoms with Gasteiger partial charge in [-0.2, -0.15) is 11.8 Å². The number of nitrogens with one attached hydrogen (secondary N) is 1. The summed E-state index contributed by atoms with van der Waals surface area (Å²) in [4.78, 5) is 10.8. The van der Waals surface area contributed by atoms with E-state index < -0.39 is 5.97 Å². The molecule has 0 aliphatic rings. The molecule has 0 bridgehead atoms. The predicted octanol–water partition coefficient (Wildman–Crippen LogP) is 2.62. The molecule has 3 nitrogen and oxygen atoms in total. The van der Waals surface area contributed by atoms with Gasteiger partial charge in [0.25, 0.3) is 0 Å². The summed E-state index contributed by atoms with van der Waals surface area (Å²) in [6, 6.07) is 7.05. The number of hydrogen-bond donors (Lipinski definition) is 2. The summed E-state index contributed by atoms with van der Waals surface area (Å²) in [5.74, 6) is -0.872. The number of hydrogen-bond acceptors (Lipinski definition) is 3. The molecule has 1 unspecified atom stereocenters. The minimum atomic E-state index is -0.872. The van der Waals surface area contributed by atoms with Crippen molar-refractivity contribution in [1.82, 2.24) is 5.32 Å². The molecule has 1 aromatic rings. The molecule has 4 heteroatoms. The summed E-state index contributed by atoms with van der Waals surface area (Å²) in [7, 11) is 0. The Hall–Kier alpha value is -1.00. The molecule has 17 heavy (non-hydrogen) atoms. The number of rotatable bonds is 7. The lowest BCUT2D eigenvalue weighted by atomic mass is 10.1. The van der Waals surface area contributed by atoms with Crippen LogP contribution in [0.3, 0.4) is 0 Å². The fraction of sp³-hybridized carbons (Fsp3) is 0.462. The number of carboxylic acids is 1. The van der Waals surface area contributed by atoms with Crippen molar-refractivity contribution in [2.45, 2.75) is 25.1 Å². The lowest BCUT2D eigenvalue weighted by Gasteiger charge is -2.09. The Kier molecular flexibility index (Phi) is 6.08. The molecule has 94 valence electrons. The van der Waals surface area contributed by atoms with Crippen LogP contribution in [0.1, 0.15) is 29.3 Å². The van der Waals surface area contributed by atoms with Crippen LogP contribution in [0.5, 0.6) is 0 Å². The number of aromatic carboxylic acids is 1. The molecule has 1 rings (SSSR count). The van der Waals surface area contributed by atoms with Gasteiger partial charge in [0.2, 0.25) is 0 Å². The molecule has 0 aromatic heterocycles. The lowest BCUT2D eigenvalue weighted by Crippen LogP contribution is -2.17. The first-order valence-corrected chi connectivity index (χ1v) is 6.98. The van der Waals surface area contributed by atoms with Crippen molar-refractivity contribution in [3.63, 3.8) is 0 Å². The number of thioether (sulfide) groups is 1. The molecule has 0 spiro atoms. The summed E-state index contributed by atoms with van der Waals surface area (Å²) >= 11 is 1.86. The standard InChI is InChI=1S/C13H19NO2S/c1-10(17-2)6-7-14-9-11-4-3-5-12(8-11)13(15)16/h3-5,8,10,14H,6-7,9H2,1-2H3,(H,15,16). The van der Waals surface area contributed by atoms with Crippen LogP contribution in [-0.4, -0.2) is 29.1 Å². The van der Waals surface area contributed by atoms with E-state index in [-0.39, 0.29) is 0 Å². The molecule has 0 saturated carbocycles. The van der Waals surface area contributed by atoms with Gasteiger partial charge in [-0.25, -0.2) is 4.79 Å². The highest BCUT2D eigenvalue weighted by Gasteiger charge is 2.03. The molecule has 2 N–H and O–H groups in total.